The van der Waals surface area contributed by atoms with Crippen LogP contribution in [0.25, 0.3) is 10.8 Å². The van der Waals surface area contributed by atoms with Gasteiger partial charge in [-0.15, -0.1) is 10.5 Å². The fraction of sp³-hybridized carbons (Fsp3) is 0.231. The van der Waals surface area contributed by atoms with Gasteiger partial charge < -0.3 is 26.9 Å². The summed E-state index contributed by atoms with van der Waals surface area (Å²) in [6, 6.07) is 10.3. The van der Waals surface area contributed by atoms with Crippen LogP contribution in [-0.4, -0.2) is 59.5 Å². The molecule has 7 N–H and O–H groups in total. The van der Waals surface area contributed by atoms with Crippen molar-refractivity contribution in [2.24, 2.45) is 31.9 Å². The maximum atomic E-state index is 12.2. The summed E-state index contributed by atoms with van der Waals surface area (Å²) in [5.41, 5.74) is 16.3. The Balaban J connectivity index is 0.00000368. The molecule has 0 heterocycles. The van der Waals surface area contributed by atoms with E-state index in [1.54, 1.807) is 0 Å². The molecule has 1 aliphatic carbocycles. The normalized spacial score (nSPS) is 14.2. The molecule has 0 amide bonds. The minimum atomic E-state index is -5.12. The van der Waals surface area contributed by atoms with Crippen LogP contribution in [0.2, 0.25) is 0 Å². The zero-order valence-corrected chi connectivity index (χ0v) is 31.4. The number of rotatable bonds is 11. The summed E-state index contributed by atoms with van der Waals surface area (Å²) in [6.07, 6.45) is 3.01. The summed E-state index contributed by atoms with van der Waals surface area (Å²) in [5, 5.41) is 26.7. The Morgan fingerprint density at radius 3 is 2.04 bits per heavy atom. The van der Waals surface area contributed by atoms with E-state index in [0.717, 1.165) is 6.07 Å². The van der Waals surface area contributed by atoms with Gasteiger partial charge in [0, 0.05) is 35.1 Å². The van der Waals surface area contributed by atoms with Crippen LogP contribution in [-0.2, 0) is 29.8 Å². The molecule has 0 radical (unpaired) electrons. The van der Waals surface area contributed by atoms with Crippen LogP contribution in [0.1, 0.15) is 12.8 Å². The number of allylic oxidation sites excluding steroid dienone is 4. The minimum Gasteiger partial charge on any atom is -0.744 e. The topological polar surface area (TPSA) is 273 Å². The van der Waals surface area contributed by atoms with E-state index in [4.69, 9.17) is 17.2 Å². The minimum absolute atomic E-state index is 0. The Morgan fingerprint density at radius 1 is 0.848 bits per heavy atom. The van der Waals surface area contributed by atoms with E-state index in [1.165, 1.54) is 42.5 Å². The molecular formula is C26H27N7Na2O8S3. The predicted molar refractivity (Wildman–Crippen MR) is 161 cm³/mol. The van der Waals surface area contributed by atoms with Crippen molar-refractivity contribution in [3.05, 3.63) is 65.2 Å². The Labute approximate surface area is 310 Å². The molecule has 234 valence electrons. The van der Waals surface area contributed by atoms with E-state index in [1.807, 2.05) is 0 Å². The van der Waals surface area contributed by atoms with Crippen LogP contribution in [0.3, 0.4) is 0 Å². The first-order valence-corrected chi connectivity index (χ1v) is 17.5. The third-order valence-corrected chi connectivity index (χ3v) is 11.0. The van der Waals surface area contributed by atoms with Crippen molar-refractivity contribution in [1.82, 2.24) is 0 Å². The van der Waals surface area contributed by atoms with E-state index in [9.17, 15) is 34.9 Å². The van der Waals surface area contributed by atoms with Gasteiger partial charge in [-0.25, -0.2) is 25.3 Å². The van der Waals surface area contributed by atoms with Crippen molar-refractivity contribution in [3.63, 3.8) is 0 Å². The van der Waals surface area contributed by atoms with Gasteiger partial charge in [-0.3, -0.25) is 0 Å². The van der Waals surface area contributed by atoms with Crippen LogP contribution in [0, 0.1) is 6.07 Å². The van der Waals surface area contributed by atoms with Crippen LogP contribution < -0.4 is 76.3 Å². The second-order valence-electron chi connectivity index (χ2n) is 9.44. The SMILES string of the molecule is NCCS(=O)(=O)C1=CC=C(N=Nc2c(S(=O)(=O)[O-])cc3c[c-]c(N=Nc4ccc(S(=O)(=O)CCN)cc4)c(O)c3c2N)CC1.[Na+].[Na+]. The molecule has 0 bridgehead atoms. The second kappa shape index (κ2) is 16.4. The number of fused-ring (bicyclic) bond motifs is 1. The van der Waals surface area contributed by atoms with Gasteiger partial charge >= 0.3 is 59.1 Å². The van der Waals surface area contributed by atoms with Crippen LogP contribution in [0.5, 0.6) is 5.75 Å². The molecule has 20 heteroatoms. The van der Waals surface area contributed by atoms with Crippen molar-refractivity contribution < 1.29 is 94.0 Å². The molecular weight excluding hydrogens is 681 g/mol. The van der Waals surface area contributed by atoms with Crippen LogP contribution in [0.4, 0.5) is 22.7 Å². The number of phenolic OH excluding ortho intramolecular Hbond substituents is 1. The van der Waals surface area contributed by atoms with E-state index in [0.29, 0.717) is 0 Å². The fourth-order valence-electron chi connectivity index (χ4n) is 4.22. The molecule has 0 saturated heterocycles. The summed E-state index contributed by atoms with van der Waals surface area (Å²) in [7, 11) is -12.2. The molecule has 0 atom stereocenters. The Bertz CT molecular complexity index is 2070. The average Bonchev–Trinajstić information content (AvgIpc) is 2.96. The van der Waals surface area contributed by atoms with Crippen molar-refractivity contribution in [2.75, 3.05) is 30.3 Å². The van der Waals surface area contributed by atoms with Crippen LogP contribution >= 0.6 is 0 Å². The van der Waals surface area contributed by atoms with Crippen molar-refractivity contribution in [1.29, 1.82) is 0 Å². The number of nitrogens with zero attached hydrogens (tertiary/aromatic N) is 4. The number of nitrogen functional groups attached to an aromatic ring is 1. The number of benzene rings is 3. The molecule has 46 heavy (non-hydrogen) atoms. The first-order valence-electron chi connectivity index (χ1n) is 12.8. The quantitative estimate of drug-likeness (QED) is 0.0513. The zero-order valence-electron chi connectivity index (χ0n) is 24.9. The molecule has 0 unspecified atom stereocenters. The Morgan fingerprint density at radius 2 is 1.48 bits per heavy atom. The van der Waals surface area contributed by atoms with Gasteiger partial charge in [-0.2, -0.15) is 27.5 Å². The molecule has 3 aromatic rings. The summed E-state index contributed by atoms with van der Waals surface area (Å²) < 4.78 is 85.0. The molecule has 0 fully saturated rings. The van der Waals surface area contributed by atoms with Crippen molar-refractivity contribution >= 4 is 63.3 Å². The second-order valence-corrected chi connectivity index (χ2v) is 15.1. The van der Waals surface area contributed by atoms with Crippen LogP contribution in [0.15, 0.2) is 89.4 Å². The van der Waals surface area contributed by atoms with Gasteiger partial charge in [0.15, 0.2) is 19.7 Å². The van der Waals surface area contributed by atoms with Gasteiger partial charge in [0.25, 0.3) is 0 Å². The fourth-order valence-corrected chi connectivity index (χ4v) is 7.24. The first-order chi connectivity index (χ1) is 20.7. The molecule has 3 aromatic carbocycles. The molecule has 0 saturated carbocycles. The van der Waals surface area contributed by atoms with Gasteiger partial charge in [0.05, 0.1) is 32.7 Å². The number of sulfone groups is 2. The number of anilines is 1. The molecule has 15 nitrogen and oxygen atoms in total. The van der Waals surface area contributed by atoms with E-state index in [-0.39, 0.29) is 134 Å². The number of aromatic hydroxyl groups is 1. The average molecular weight is 708 g/mol. The zero-order chi connectivity index (χ0) is 32.3. The number of nitrogens with two attached hydrogens (primary N) is 3. The van der Waals surface area contributed by atoms with E-state index >= 15 is 0 Å². The summed E-state index contributed by atoms with van der Waals surface area (Å²) >= 11 is 0. The number of hydrogen-bond acceptors (Lipinski definition) is 15. The largest absolute Gasteiger partial charge is 1.00 e. The first kappa shape index (κ1) is 40.1. The molecule has 1 aliphatic rings. The molecule has 0 spiro atoms. The Hall–Kier alpha value is -2.07. The molecule has 0 aliphatic heterocycles. The number of azo groups is 2. The van der Waals surface area contributed by atoms with E-state index in [2.05, 4.69) is 26.5 Å². The van der Waals surface area contributed by atoms with Crippen molar-refractivity contribution in [2.45, 2.75) is 22.6 Å². The predicted octanol–water partition coefficient (Wildman–Crippen LogP) is -2.99. The maximum Gasteiger partial charge on any atom is 1.00 e. The molecule has 4 rings (SSSR count). The van der Waals surface area contributed by atoms with Crippen molar-refractivity contribution in [3.8, 4) is 5.75 Å². The van der Waals surface area contributed by atoms with E-state index < -0.39 is 51.8 Å². The van der Waals surface area contributed by atoms with Gasteiger partial charge in [-0.05, 0) is 49.3 Å². The monoisotopic (exact) mass is 707 g/mol. The number of phenols is 1. The smallest absolute Gasteiger partial charge is 0.744 e. The number of hydrogen-bond donors (Lipinski definition) is 4. The third kappa shape index (κ3) is 9.30. The standard InChI is InChI=1S/C26H28N7O8S3.2Na/c27-11-13-42(35,36)19-6-2-17(3-7-19)30-32-21-10-1-16-15-22(44(39,40)41)25(24(29)23(16)26(21)34)33-31-18-4-8-20(9-5-18)43(37,38)14-12-28;;/h1-4,6-8,15,34H,5,9,11-14,27-29H2,(H,39,40,41);;/q-1;2*+1/p-1. The van der Waals surface area contributed by atoms with Gasteiger partial charge in [0.2, 0.25) is 0 Å². The maximum absolute atomic E-state index is 12.2. The molecule has 0 aromatic heterocycles. The van der Waals surface area contributed by atoms with Gasteiger partial charge in [-0.1, -0.05) is 11.5 Å². The third-order valence-electron chi connectivity index (χ3n) is 6.43. The summed E-state index contributed by atoms with van der Waals surface area (Å²) in [4.78, 5) is -0.570. The summed E-state index contributed by atoms with van der Waals surface area (Å²) in [5.74, 6) is -0.982. The summed E-state index contributed by atoms with van der Waals surface area (Å²) in [6.45, 7) is -0.0695. The Kier molecular flexibility index (Phi) is 14.3. The van der Waals surface area contributed by atoms with Gasteiger partial charge in [0.1, 0.15) is 15.8 Å².